The van der Waals surface area contributed by atoms with Crippen LogP contribution in [0.25, 0.3) is 6.08 Å². The van der Waals surface area contributed by atoms with Crippen LogP contribution in [0.1, 0.15) is 12.5 Å². The van der Waals surface area contributed by atoms with Crippen LogP contribution in [-0.2, 0) is 0 Å². The van der Waals surface area contributed by atoms with Crippen molar-refractivity contribution in [2.45, 2.75) is 6.92 Å². The Morgan fingerprint density at radius 1 is 1.67 bits per heavy atom. The van der Waals surface area contributed by atoms with Crippen LogP contribution in [0.2, 0.25) is 5.15 Å². The lowest BCUT2D eigenvalue weighted by Crippen LogP contribution is -1.98. The highest BCUT2D eigenvalue weighted by atomic mass is 79.9. The van der Waals surface area contributed by atoms with Gasteiger partial charge in [0.1, 0.15) is 16.4 Å². The molecule has 0 aliphatic rings. The van der Waals surface area contributed by atoms with E-state index in [1.54, 1.807) is 12.1 Å². The van der Waals surface area contributed by atoms with Crippen molar-refractivity contribution < 1.29 is 4.74 Å². The fourth-order valence-corrected chi connectivity index (χ4v) is 1.85. The summed E-state index contributed by atoms with van der Waals surface area (Å²) < 4.78 is 6.12. The second-order valence-electron chi connectivity index (χ2n) is 2.74. The van der Waals surface area contributed by atoms with Gasteiger partial charge in [0, 0.05) is 5.56 Å². The Morgan fingerprint density at radius 2 is 2.40 bits per heavy atom. The van der Waals surface area contributed by atoms with Crippen LogP contribution in [0.15, 0.2) is 29.4 Å². The fourth-order valence-electron chi connectivity index (χ4n) is 1.01. The maximum Gasteiger partial charge on any atom is 0.159 e. The van der Waals surface area contributed by atoms with E-state index in [-0.39, 0.29) is 0 Å². The molecule has 0 bridgehead atoms. The largest absolute Gasteiger partial charge is 0.486 e. The van der Waals surface area contributed by atoms with E-state index >= 15 is 0 Å². The van der Waals surface area contributed by atoms with Gasteiger partial charge in [-0.3, -0.25) is 0 Å². The summed E-state index contributed by atoms with van der Waals surface area (Å²) in [5.41, 5.74) is 0.825. The number of rotatable bonds is 4. The Bertz CT molecular complexity index is 390. The van der Waals surface area contributed by atoms with Gasteiger partial charge >= 0.3 is 0 Å². The van der Waals surface area contributed by atoms with E-state index in [9.17, 15) is 0 Å². The van der Waals surface area contributed by atoms with Gasteiger partial charge in [0.2, 0.25) is 0 Å². The van der Waals surface area contributed by atoms with Gasteiger partial charge < -0.3 is 4.74 Å². The fraction of sp³-hybridized carbons (Fsp3) is 0.182. The van der Waals surface area contributed by atoms with Gasteiger partial charge in [0.25, 0.3) is 0 Å². The highest BCUT2D eigenvalue weighted by molar-refractivity contribution is 9.10. The number of pyridine rings is 1. The molecule has 1 aromatic heterocycles. The molecular formula is C11H11BrClNO. The van der Waals surface area contributed by atoms with Gasteiger partial charge in [-0.1, -0.05) is 36.4 Å². The first-order chi connectivity index (χ1) is 7.19. The van der Waals surface area contributed by atoms with Gasteiger partial charge in [0.15, 0.2) is 5.75 Å². The third kappa shape index (κ3) is 3.36. The summed E-state index contributed by atoms with van der Waals surface area (Å²) in [6.45, 7) is 6.13. The third-order valence-electron chi connectivity index (χ3n) is 1.71. The van der Waals surface area contributed by atoms with Crippen LogP contribution >= 0.6 is 27.5 Å². The lowest BCUT2D eigenvalue weighted by molar-refractivity contribution is 0.358. The second kappa shape index (κ2) is 5.93. The van der Waals surface area contributed by atoms with Crippen LogP contribution in [-0.4, -0.2) is 11.6 Å². The zero-order valence-electron chi connectivity index (χ0n) is 8.34. The predicted octanol–water partition coefficient (Wildman–Crippen LogP) is 4.10. The molecule has 1 heterocycles. The van der Waals surface area contributed by atoms with Crippen molar-refractivity contribution in [2.75, 3.05) is 6.61 Å². The molecule has 0 unspecified atom stereocenters. The number of hydrogen-bond donors (Lipinski definition) is 0. The molecule has 80 valence electrons. The molecule has 0 aromatic carbocycles. The first kappa shape index (κ1) is 12.3. The minimum atomic E-state index is 0.412. The van der Waals surface area contributed by atoms with Crippen LogP contribution in [0.3, 0.4) is 0 Å². The summed E-state index contributed by atoms with van der Waals surface area (Å²) in [7, 11) is 0. The van der Waals surface area contributed by atoms with Gasteiger partial charge in [-0.2, -0.15) is 0 Å². The van der Waals surface area contributed by atoms with Crippen molar-refractivity contribution in [2.24, 2.45) is 0 Å². The number of aromatic nitrogens is 1. The first-order valence-corrected chi connectivity index (χ1v) is 5.58. The topological polar surface area (TPSA) is 22.1 Å². The number of nitrogens with zero attached hydrogens (tertiary/aromatic N) is 1. The molecule has 4 heteroatoms. The summed E-state index contributed by atoms with van der Waals surface area (Å²) in [6.07, 6.45) is 5.52. The molecular weight excluding hydrogens is 277 g/mol. The van der Waals surface area contributed by atoms with E-state index in [1.807, 2.05) is 19.1 Å². The van der Waals surface area contributed by atoms with Crippen molar-refractivity contribution in [3.63, 3.8) is 0 Å². The SMILES string of the molecule is C=Cc1cc(Cl)nc(Br)c1OC/C=C/C. The van der Waals surface area contributed by atoms with Gasteiger partial charge in [-0.15, -0.1) is 0 Å². The average Bonchev–Trinajstić information content (AvgIpc) is 2.20. The zero-order valence-corrected chi connectivity index (χ0v) is 10.7. The maximum atomic E-state index is 5.80. The molecule has 0 radical (unpaired) electrons. The minimum Gasteiger partial charge on any atom is -0.486 e. The first-order valence-electron chi connectivity index (χ1n) is 4.41. The Morgan fingerprint density at radius 3 is 3.00 bits per heavy atom. The Balaban J connectivity index is 2.98. The minimum absolute atomic E-state index is 0.412. The molecule has 0 spiro atoms. The van der Waals surface area contributed by atoms with Crippen LogP contribution in [0.4, 0.5) is 0 Å². The Hall–Kier alpha value is -0.800. The molecule has 0 fully saturated rings. The monoisotopic (exact) mass is 287 g/mol. The smallest absolute Gasteiger partial charge is 0.159 e. The normalized spacial score (nSPS) is 10.6. The Kier molecular flexibility index (Phi) is 4.85. The molecule has 0 aliphatic heterocycles. The molecule has 1 rings (SSSR count). The van der Waals surface area contributed by atoms with Gasteiger partial charge in [-0.25, -0.2) is 4.98 Å². The summed E-state index contributed by atoms with van der Waals surface area (Å²) >= 11 is 9.10. The molecule has 0 aliphatic carbocycles. The maximum absolute atomic E-state index is 5.80. The highest BCUT2D eigenvalue weighted by Gasteiger charge is 2.08. The lowest BCUT2D eigenvalue weighted by atomic mass is 10.2. The highest BCUT2D eigenvalue weighted by Crippen LogP contribution is 2.30. The van der Waals surface area contributed by atoms with E-state index in [0.717, 1.165) is 5.56 Å². The molecule has 0 N–H and O–H groups in total. The predicted molar refractivity (Wildman–Crippen MR) is 67.3 cm³/mol. The van der Waals surface area contributed by atoms with Crippen molar-refractivity contribution in [3.8, 4) is 5.75 Å². The van der Waals surface area contributed by atoms with Crippen LogP contribution in [0.5, 0.6) is 5.75 Å². The van der Waals surface area contributed by atoms with Gasteiger partial charge in [0.05, 0.1) is 0 Å². The van der Waals surface area contributed by atoms with Crippen molar-refractivity contribution in [1.29, 1.82) is 0 Å². The standard InChI is InChI=1S/C11H11BrClNO/c1-3-5-6-15-10-8(4-2)7-9(13)14-11(10)12/h3-5,7H,2,6H2,1H3/b5-3+. The van der Waals surface area contributed by atoms with E-state index in [1.165, 1.54) is 0 Å². The third-order valence-corrected chi connectivity index (χ3v) is 2.44. The number of allylic oxidation sites excluding steroid dienone is 1. The number of hydrogen-bond acceptors (Lipinski definition) is 2. The molecule has 15 heavy (non-hydrogen) atoms. The summed E-state index contributed by atoms with van der Waals surface area (Å²) in [5, 5.41) is 0.412. The van der Waals surface area contributed by atoms with E-state index < -0.39 is 0 Å². The Labute approximate surface area is 103 Å². The van der Waals surface area contributed by atoms with E-state index in [2.05, 4.69) is 27.5 Å². The van der Waals surface area contributed by atoms with Crippen molar-refractivity contribution in [1.82, 2.24) is 4.98 Å². The number of halogens is 2. The quantitative estimate of drug-likeness (QED) is 0.615. The lowest BCUT2D eigenvalue weighted by Gasteiger charge is -2.09. The van der Waals surface area contributed by atoms with Crippen LogP contribution in [0, 0.1) is 0 Å². The molecule has 2 nitrogen and oxygen atoms in total. The molecule has 0 saturated heterocycles. The second-order valence-corrected chi connectivity index (χ2v) is 3.88. The zero-order chi connectivity index (χ0) is 11.3. The van der Waals surface area contributed by atoms with Crippen molar-refractivity contribution in [3.05, 3.63) is 40.1 Å². The summed E-state index contributed by atoms with van der Waals surface area (Å²) in [5.74, 6) is 0.660. The molecule has 1 aromatic rings. The molecule has 0 amide bonds. The summed E-state index contributed by atoms with van der Waals surface area (Å²) in [6, 6.07) is 1.71. The van der Waals surface area contributed by atoms with Crippen molar-refractivity contribution >= 4 is 33.6 Å². The molecule has 0 atom stereocenters. The molecule has 0 saturated carbocycles. The average molecular weight is 289 g/mol. The van der Waals surface area contributed by atoms with Gasteiger partial charge in [-0.05, 0) is 28.9 Å². The number of ether oxygens (including phenoxy) is 1. The van der Waals surface area contributed by atoms with Crippen LogP contribution < -0.4 is 4.74 Å². The van der Waals surface area contributed by atoms with E-state index in [0.29, 0.717) is 22.1 Å². The van der Waals surface area contributed by atoms with E-state index in [4.69, 9.17) is 16.3 Å². The summed E-state index contributed by atoms with van der Waals surface area (Å²) in [4.78, 5) is 4.05.